The third kappa shape index (κ3) is 9.60. The van der Waals surface area contributed by atoms with Crippen molar-refractivity contribution in [2.45, 2.75) is 75.1 Å². The van der Waals surface area contributed by atoms with Crippen molar-refractivity contribution < 1.29 is 31.2 Å². The average Bonchev–Trinajstić information content (AvgIpc) is 3.10. The number of carbonyl (C=O) groups is 2. The van der Waals surface area contributed by atoms with Crippen molar-refractivity contribution in [3.63, 3.8) is 0 Å². The molecule has 52 heavy (non-hydrogen) atoms. The Morgan fingerprint density at radius 3 is 2.10 bits per heavy atom. The molecular formula is C38H37Cl3F3N3O4S. The van der Waals surface area contributed by atoms with E-state index >= 15 is 0 Å². The van der Waals surface area contributed by atoms with Crippen LogP contribution in [0.2, 0.25) is 15.1 Å². The van der Waals surface area contributed by atoms with Crippen molar-refractivity contribution in [3.8, 4) is 0 Å². The van der Waals surface area contributed by atoms with Crippen LogP contribution in [0.15, 0.2) is 95.9 Å². The first kappa shape index (κ1) is 39.4. The summed E-state index contributed by atoms with van der Waals surface area (Å²) in [5.74, 6) is -1.35. The highest BCUT2D eigenvalue weighted by molar-refractivity contribution is 7.92. The Balaban J connectivity index is 1.64. The maximum atomic E-state index is 14.8. The van der Waals surface area contributed by atoms with Crippen LogP contribution in [0.1, 0.15) is 54.4 Å². The fourth-order valence-corrected chi connectivity index (χ4v) is 8.35. The van der Waals surface area contributed by atoms with Gasteiger partial charge in [0.2, 0.25) is 11.8 Å². The number of sulfonamides is 1. The smallest absolute Gasteiger partial charge is 0.352 e. The number of amides is 2. The third-order valence-electron chi connectivity index (χ3n) is 9.04. The van der Waals surface area contributed by atoms with Crippen molar-refractivity contribution in [2.24, 2.45) is 0 Å². The number of rotatable bonds is 12. The molecule has 276 valence electrons. The van der Waals surface area contributed by atoms with Gasteiger partial charge in [0.25, 0.3) is 10.0 Å². The van der Waals surface area contributed by atoms with Gasteiger partial charge in [-0.15, -0.1) is 0 Å². The number of carbonyl (C=O) groups excluding carboxylic acids is 2. The maximum Gasteiger partial charge on any atom is 0.417 e. The molecule has 1 aliphatic rings. The average molecular weight is 795 g/mol. The van der Waals surface area contributed by atoms with Crippen LogP contribution in [0, 0.1) is 6.92 Å². The minimum absolute atomic E-state index is 0.0388. The van der Waals surface area contributed by atoms with Crippen LogP contribution >= 0.6 is 34.8 Å². The van der Waals surface area contributed by atoms with Crippen molar-refractivity contribution in [2.75, 3.05) is 10.8 Å². The molecule has 0 aliphatic heterocycles. The van der Waals surface area contributed by atoms with E-state index in [2.05, 4.69) is 5.32 Å². The fraction of sp³-hybridized carbons (Fsp3) is 0.316. The summed E-state index contributed by atoms with van der Waals surface area (Å²) < 4.78 is 71.4. The number of halogens is 6. The van der Waals surface area contributed by atoms with Gasteiger partial charge in [-0.3, -0.25) is 13.9 Å². The second kappa shape index (κ2) is 16.9. The summed E-state index contributed by atoms with van der Waals surface area (Å²) in [5.41, 5.74) is 0.0276. The molecular weight excluding hydrogens is 758 g/mol. The van der Waals surface area contributed by atoms with Gasteiger partial charge in [-0.25, -0.2) is 8.42 Å². The monoisotopic (exact) mass is 793 g/mol. The van der Waals surface area contributed by atoms with Gasteiger partial charge in [0.05, 0.1) is 21.2 Å². The summed E-state index contributed by atoms with van der Waals surface area (Å²) in [7, 11) is -4.67. The highest BCUT2D eigenvalue weighted by atomic mass is 35.5. The number of alkyl halides is 3. The van der Waals surface area contributed by atoms with Crippen molar-refractivity contribution >= 4 is 62.3 Å². The van der Waals surface area contributed by atoms with Crippen LogP contribution in [-0.2, 0) is 38.8 Å². The van der Waals surface area contributed by atoms with Gasteiger partial charge in [0, 0.05) is 34.6 Å². The van der Waals surface area contributed by atoms with E-state index in [-0.39, 0.29) is 33.9 Å². The van der Waals surface area contributed by atoms with Gasteiger partial charge in [0.15, 0.2) is 0 Å². The fourth-order valence-electron chi connectivity index (χ4n) is 6.20. The number of hydrogen-bond acceptors (Lipinski definition) is 4. The number of hydrogen-bond donors (Lipinski definition) is 1. The summed E-state index contributed by atoms with van der Waals surface area (Å²) in [5, 5.41) is 2.85. The molecule has 0 aromatic heterocycles. The van der Waals surface area contributed by atoms with Gasteiger partial charge >= 0.3 is 6.18 Å². The lowest BCUT2D eigenvalue weighted by Crippen LogP contribution is -2.55. The Kier molecular flexibility index (Phi) is 12.8. The molecule has 4 aromatic rings. The molecule has 1 atom stereocenters. The van der Waals surface area contributed by atoms with E-state index in [4.69, 9.17) is 34.8 Å². The summed E-state index contributed by atoms with van der Waals surface area (Å²) in [6.07, 6.45) is -0.471. The van der Waals surface area contributed by atoms with E-state index in [1.807, 2.05) is 6.07 Å². The minimum atomic E-state index is -4.93. The normalized spacial score (nSPS) is 14.4. The minimum Gasteiger partial charge on any atom is -0.352 e. The molecule has 5 rings (SSSR count). The Morgan fingerprint density at radius 2 is 1.48 bits per heavy atom. The van der Waals surface area contributed by atoms with Gasteiger partial charge in [-0.2, -0.15) is 13.2 Å². The van der Waals surface area contributed by atoms with Crippen molar-refractivity contribution in [1.82, 2.24) is 10.2 Å². The Bertz CT molecular complexity index is 1970. The van der Waals surface area contributed by atoms with Crippen molar-refractivity contribution in [1.29, 1.82) is 0 Å². The van der Waals surface area contributed by atoms with Crippen LogP contribution in [0.5, 0.6) is 0 Å². The van der Waals surface area contributed by atoms with Crippen LogP contribution in [0.3, 0.4) is 0 Å². The van der Waals surface area contributed by atoms with E-state index in [1.54, 1.807) is 49.4 Å². The lowest BCUT2D eigenvalue weighted by atomic mass is 9.94. The molecule has 1 saturated carbocycles. The zero-order chi connectivity index (χ0) is 37.6. The van der Waals surface area contributed by atoms with Crippen LogP contribution < -0.4 is 9.62 Å². The lowest BCUT2D eigenvalue weighted by molar-refractivity contribution is -0.140. The van der Waals surface area contributed by atoms with Gasteiger partial charge < -0.3 is 10.2 Å². The number of nitrogens with zero attached hydrogens (tertiary/aromatic N) is 2. The zero-order valence-corrected chi connectivity index (χ0v) is 31.3. The second-order valence-corrected chi connectivity index (χ2v) is 15.8. The lowest BCUT2D eigenvalue weighted by Gasteiger charge is -2.35. The van der Waals surface area contributed by atoms with Crippen molar-refractivity contribution in [3.05, 3.63) is 128 Å². The number of benzene rings is 4. The van der Waals surface area contributed by atoms with Crippen LogP contribution in [0.25, 0.3) is 0 Å². The predicted octanol–water partition coefficient (Wildman–Crippen LogP) is 9.26. The summed E-state index contributed by atoms with van der Waals surface area (Å²) in [6.45, 7) is 0.467. The van der Waals surface area contributed by atoms with E-state index in [0.29, 0.717) is 21.5 Å². The molecule has 7 nitrogen and oxygen atoms in total. The van der Waals surface area contributed by atoms with E-state index < -0.39 is 56.9 Å². The highest BCUT2D eigenvalue weighted by Crippen LogP contribution is 2.38. The molecule has 1 N–H and O–H groups in total. The molecule has 1 aliphatic carbocycles. The zero-order valence-electron chi connectivity index (χ0n) is 28.2. The Morgan fingerprint density at radius 1 is 0.846 bits per heavy atom. The summed E-state index contributed by atoms with van der Waals surface area (Å²) in [4.78, 5) is 30.0. The Hall–Kier alpha value is -3.77. The molecule has 0 radical (unpaired) electrons. The van der Waals surface area contributed by atoms with Gasteiger partial charge in [-0.05, 0) is 67.8 Å². The standard InChI is InChI=1S/C38H37Cl3F3N3O4S/c1-25-15-18-29(19-16-25)52(50,51)47(28-17-20-34(41)31(22-28)38(42,43)44)24-36(48)46(23-30-32(39)13-8-14-33(30)40)35(21-26-9-4-2-5-10-26)37(49)45-27-11-6-3-7-12-27/h2,4-5,8-10,13-20,22,27,35H,3,6-7,11-12,21,23-24H2,1H3,(H,45,49). The largest absolute Gasteiger partial charge is 0.417 e. The van der Waals surface area contributed by atoms with Gasteiger partial charge in [-0.1, -0.05) is 108 Å². The first-order valence-electron chi connectivity index (χ1n) is 16.7. The topological polar surface area (TPSA) is 86.8 Å². The van der Waals surface area contributed by atoms with E-state index in [0.717, 1.165) is 49.8 Å². The summed E-state index contributed by atoms with van der Waals surface area (Å²) >= 11 is 19.1. The van der Waals surface area contributed by atoms with Gasteiger partial charge in [0.1, 0.15) is 12.6 Å². The second-order valence-electron chi connectivity index (χ2n) is 12.8. The highest BCUT2D eigenvalue weighted by Gasteiger charge is 2.38. The quantitative estimate of drug-likeness (QED) is 0.155. The molecule has 1 unspecified atom stereocenters. The van der Waals surface area contributed by atoms with E-state index in [1.165, 1.54) is 29.2 Å². The maximum absolute atomic E-state index is 14.8. The SMILES string of the molecule is Cc1ccc(S(=O)(=O)N(CC(=O)N(Cc2c(Cl)cccc2Cl)C(Cc2ccccc2)C(=O)NC2CCCCC2)c2ccc(Cl)c(C(F)(F)F)c2)cc1. The molecule has 1 fully saturated rings. The molecule has 0 bridgehead atoms. The van der Waals surface area contributed by atoms with Crippen LogP contribution in [0.4, 0.5) is 18.9 Å². The third-order valence-corrected chi connectivity index (χ3v) is 11.9. The molecule has 14 heteroatoms. The number of anilines is 1. The summed E-state index contributed by atoms with van der Waals surface area (Å²) in [6, 6.07) is 20.7. The molecule has 0 saturated heterocycles. The first-order chi connectivity index (χ1) is 24.6. The van der Waals surface area contributed by atoms with Crippen LogP contribution in [-0.4, -0.2) is 43.8 Å². The molecule has 4 aromatic carbocycles. The first-order valence-corrected chi connectivity index (χ1v) is 19.3. The number of aryl methyl sites for hydroxylation is 1. The molecule has 2 amide bonds. The van der Waals surface area contributed by atoms with E-state index in [9.17, 15) is 31.2 Å². The predicted molar refractivity (Wildman–Crippen MR) is 198 cm³/mol. The Labute approximate surface area is 316 Å². The number of nitrogens with one attached hydrogen (secondary N) is 1. The molecule has 0 heterocycles. The molecule has 0 spiro atoms.